The minimum absolute atomic E-state index is 0.0954. The van der Waals surface area contributed by atoms with Gasteiger partial charge in [0, 0.05) is 5.92 Å². The van der Waals surface area contributed by atoms with Crippen molar-refractivity contribution in [1.82, 2.24) is 20.7 Å². The highest BCUT2D eigenvalue weighted by Gasteiger charge is 2.13. The predicted molar refractivity (Wildman–Crippen MR) is 52.3 cm³/mol. The average Bonchev–Trinajstić information content (AvgIpc) is 2.69. The van der Waals surface area contributed by atoms with E-state index in [1.807, 2.05) is 13.8 Å². The Morgan fingerprint density at radius 1 is 1.57 bits per heavy atom. The van der Waals surface area contributed by atoms with Gasteiger partial charge in [-0.25, -0.2) is 0 Å². The van der Waals surface area contributed by atoms with Crippen LogP contribution in [0, 0.1) is 5.92 Å². The van der Waals surface area contributed by atoms with Crippen LogP contribution in [0.1, 0.15) is 32.4 Å². The van der Waals surface area contributed by atoms with E-state index in [9.17, 15) is 4.79 Å². The summed E-state index contributed by atoms with van der Waals surface area (Å²) < 4.78 is 0. The first-order chi connectivity index (χ1) is 6.77. The fraction of sp³-hybridized carbons (Fsp3) is 0.667. The Morgan fingerprint density at radius 3 is 2.79 bits per heavy atom. The van der Waals surface area contributed by atoms with E-state index in [0.29, 0.717) is 6.54 Å². The number of rotatable bonds is 5. The van der Waals surface area contributed by atoms with E-state index in [4.69, 9.17) is 0 Å². The van der Waals surface area contributed by atoms with Gasteiger partial charge in [0.15, 0.2) is 0 Å². The molecule has 1 rings (SSSR count). The zero-order chi connectivity index (χ0) is 10.4. The monoisotopic (exact) mass is 196 g/mol. The molecule has 0 saturated heterocycles. The van der Waals surface area contributed by atoms with Crippen LogP contribution in [0.15, 0.2) is 6.20 Å². The lowest BCUT2D eigenvalue weighted by Crippen LogP contribution is -2.29. The van der Waals surface area contributed by atoms with Crippen LogP contribution in [0.4, 0.5) is 0 Å². The lowest BCUT2D eigenvalue weighted by atomic mass is 10.0. The van der Waals surface area contributed by atoms with Crippen LogP contribution in [-0.2, 0) is 11.3 Å². The number of carbonyl (C=O) groups is 1. The number of amides is 1. The molecule has 5 heteroatoms. The standard InChI is InChI=1S/C9H16N4O/c1-3-7(4-2)9(14)10-5-8-6-11-13-12-8/h6-7H,3-5H2,1-2H3,(H,10,14)(H,11,12,13). The van der Waals surface area contributed by atoms with E-state index in [1.54, 1.807) is 6.20 Å². The molecule has 1 aromatic rings. The van der Waals surface area contributed by atoms with Crippen LogP contribution >= 0.6 is 0 Å². The molecule has 0 spiro atoms. The van der Waals surface area contributed by atoms with Crippen molar-refractivity contribution in [3.8, 4) is 0 Å². The molecule has 14 heavy (non-hydrogen) atoms. The molecule has 2 N–H and O–H groups in total. The van der Waals surface area contributed by atoms with Gasteiger partial charge in [0.2, 0.25) is 5.91 Å². The Kier molecular flexibility index (Phi) is 4.10. The second kappa shape index (κ2) is 5.36. The highest BCUT2D eigenvalue weighted by Crippen LogP contribution is 2.07. The first kappa shape index (κ1) is 10.7. The van der Waals surface area contributed by atoms with Crippen molar-refractivity contribution < 1.29 is 4.79 Å². The second-order valence-corrected chi connectivity index (χ2v) is 3.19. The summed E-state index contributed by atoms with van der Waals surface area (Å²) in [5.41, 5.74) is 0.754. The number of hydrogen-bond donors (Lipinski definition) is 2. The smallest absolute Gasteiger partial charge is 0.223 e. The van der Waals surface area contributed by atoms with Crippen LogP contribution < -0.4 is 5.32 Å². The van der Waals surface area contributed by atoms with Crippen LogP contribution in [0.25, 0.3) is 0 Å². The van der Waals surface area contributed by atoms with Crippen molar-refractivity contribution in [2.24, 2.45) is 5.92 Å². The van der Waals surface area contributed by atoms with Crippen molar-refractivity contribution >= 4 is 5.91 Å². The summed E-state index contributed by atoms with van der Waals surface area (Å²) in [6, 6.07) is 0. The van der Waals surface area contributed by atoms with Crippen LogP contribution in [0.3, 0.4) is 0 Å². The third-order valence-corrected chi connectivity index (χ3v) is 2.27. The van der Waals surface area contributed by atoms with Gasteiger partial charge in [-0.15, -0.1) is 0 Å². The van der Waals surface area contributed by atoms with Crippen molar-refractivity contribution in [3.05, 3.63) is 11.9 Å². The van der Waals surface area contributed by atoms with Gasteiger partial charge in [-0.1, -0.05) is 13.8 Å². The van der Waals surface area contributed by atoms with E-state index in [-0.39, 0.29) is 11.8 Å². The maximum absolute atomic E-state index is 11.5. The molecule has 0 atom stereocenters. The lowest BCUT2D eigenvalue weighted by molar-refractivity contribution is -0.125. The minimum atomic E-state index is 0.0954. The van der Waals surface area contributed by atoms with Gasteiger partial charge in [0.05, 0.1) is 12.7 Å². The molecule has 0 aliphatic carbocycles. The molecule has 5 nitrogen and oxygen atoms in total. The highest BCUT2D eigenvalue weighted by atomic mass is 16.1. The summed E-state index contributed by atoms with van der Waals surface area (Å²) in [5, 5.41) is 12.8. The molecule has 0 aliphatic rings. The normalized spacial score (nSPS) is 10.5. The summed E-state index contributed by atoms with van der Waals surface area (Å²) in [7, 11) is 0. The molecular formula is C9H16N4O. The molecule has 0 unspecified atom stereocenters. The highest BCUT2D eigenvalue weighted by molar-refractivity contribution is 5.78. The molecule has 0 aromatic carbocycles. The molecule has 78 valence electrons. The number of hydrogen-bond acceptors (Lipinski definition) is 3. The summed E-state index contributed by atoms with van der Waals surface area (Å²) in [5.74, 6) is 0.208. The maximum atomic E-state index is 11.5. The second-order valence-electron chi connectivity index (χ2n) is 3.19. The number of nitrogens with zero attached hydrogens (tertiary/aromatic N) is 2. The Hall–Kier alpha value is -1.39. The largest absolute Gasteiger partial charge is 0.350 e. The molecule has 1 heterocycles. The van der Waals surface area contributed by atoms with Crippen molar-refractivity contribution in [1.29, 1.82) is 0 Å². The van der Waals surface area contributed by atoms with Gasteiger partial charge in [-0.3, -0.25) is 4.79 Å². The van der Waals surface area contributed by atoms with E-state index in [0.717, 1.165) is 18.5 Å². The van der Waals surface area contributed by atoms with Gasteiger partial charge in [0.1, 0.15) is 5.69 Å². The first-order valence-corrected chi connectivity index (χ1v) is 4.90. The van der Waals surface area contributed by atoms with Crippen LogP contribution in [-0.4, -0.2) is 21.3 Å². The number of aromatic amines is 1. The van der Waals surface area contributed by atoms with E-state index in [2.05, 4.69) is 20.7 Å². The molecule has 0 fully saturated rings. The topological polar surface area (TPSA) is 70.7 Å². The molecule has 0 radical (unpaired) electrons. The van der Waals surface area contributed by atoms with E-state index < -0.39 is 0 Å². The summed E-state index contributed by atoms with van der Waals surface area (Å²) >= 11 is 0. The van der Waals surface area contributed by atoms with Crippen LogP contribution in [0.2, 0.25) is 0 Å². The number of H-pyrrole nitrogens is 1. The summed E-state index contributed by atoms with van der Waals surface area (Å²) in [4.78, 5) is 11.5. The molecule has 0 aliphatic heterocycles. The van der Waals surface area contributed by atoms with Gasteiger partial charge < -0.3 is 5.32 Å². The Labute approximate surface area is 83.3 Å². The van der Waals surface area contributed by atoms with Gasteiger partial charge in [-0.2, -0.15) is 15.4 Å². The summed E-state index contributed by atoms with van der Waals surface area (Å²) in [6.07, 6.45) is 3.36. The number of nitrogens with one attached hydrogen (secondary N) is 2. The fourth-order valence-corrected chi connectivity index (χ4v) is 1.29. The van der Waals surface area contributed by atoms with Crippen molar-refractivity contribution in [2.45, 2.75) is 33.2 Å². The fourth-order valence-electron chi connectivity index (χ4n) is 1.29. The van der Waals surface area contributed by atoms with Gasteiger partial charge in [-0.05, 0) is 12.8 Å². The predicted octanol–water partition coefficient (Wildman–Crippen LogP) is 0.857. The Bertz CT molecular complexity index is 266. The third-order valence-electron chi connectivity index (χ3n) is 2.27. The van der Waals surface area contributed by atoms with Gasteiger partial charge in [0.25, 0.3) is 0 Å². The Balaban J connectivity index is 2.34. The lowest BCUT2D eigenvalue weighted by Gasteiger charge is -2.11. The molecule has 1 aromatic heterocycles. The average molecular weight is 196 g/mol. The number of carbonyl (C=O) groups excluding carboxylic acids is 1. The zero-order valence-corrected chi connectivity index (χ0v) is 8.58. The molecule has 0 saturated carbocycles. The minimum Gasteiger partial charge on any atom is -0.350 e. The van der Waals surface area contributed by atoms with Crippen molar-refractivity contribution in [3.63, 3.8) is 0 Å². The zero-order valence-electron chi connectivity index (χ0n) is 8.58. The van der Waals surface area contributed by atoms with Crippen LogP contribution in [0.5, 0.6) is 0 Å². The quantitative estimate of drug-likeness (QED) is 0.733. The Morgan fingerprint density at radius 2 is 2.29 bits per heavy atom. The maximum Gasteiger partial charge on any atom is 0.223 e. The van der Waals surface area contributed by atoms with Gasteiger partial charge >= 0.3 is 0 Å². The number of aromatic nitrogens is 3. The SMILES string of the molecule is CCC(CC)C(=O)NCc1cn[nH]n1. The summed E-state index contributed by atoms with van der Waals surface area (Å²) in [6.45, 7) is 4.49. The van der Waals surface area contributed by atoms with E-state index >= 15 is 0 Å². The third kappa shape index (κ3) is 2.83. The molecule has 0 bridgehead atoms. The van der Waals surface area contributed by atoms with Crippen molar-refractivity contribution in [2.75, 3.05) is 0 Å². The molecule has 1 amide bonds. The molecular weight excluding hydrogens is 180 g/mol. The van der Waals surface area contributed by atoms with E-state index in [1.165, 1.54) is 0 Å². The first-order valence-electron chi connectivity index (χ1n) is 4.90.